The molecule has 4 nitrogen and oxygen atoms in total. The molecule has 0 fully saturated rings. The molecule has 0 bridgehead atoms. The zero-order valence-electron chi connectivity index (χ0n) is 11.6. The van der Waals surface area contributed by atoms with Crippen LogP contribution in [0.15, 0.2) is 34.9 Å². The number of hydrogen-bond acceptors (Lipinski definition) is 4. The fourth-order valence-electron chi connectivity index (χ4n) is 1.79. The largest absolute Gasteiger partial charge is 0.490 e. The highest BCUT2D eigenvalue weighted by molar-refractivity contribution is 5.50. The Hall–Kier alpha value is -1.97. The van der Waals surface area contributed by atoms with Crippen molar-refractivity contribution in [3.63, 3.8) is 0 Å². The van der Waals surface area contributed by atoms with Crippen LogP contribution in [0.3, 0.4) is 0 Å². The third kappa shape index (κ3) is 3.50. The van der Waals surface area contributed by atoms with Crippen molar-refractivity contribution >= 4 is 5.82 Å². The maximum atomic E-state index is 5.67. The minimum absolute atomic E-state index is 0.0487. The number of furan rings is 1. The van der Waals surface area contributed by atoms with Crippen LogP contribution in [-0.4, -0.2) is 11.6 Å². The minimum Gasteiger partial charge on any atom is -0.490 e. The molecule has 1 N–H and O–H groups in total. The van der Waals surface area contributed by atoms with Crippen LogP contribution in [0, 0.1) is 6.92 Å². The van der Waals surface area contributed by atoms with Crippen molar-refractivity contribution in [1.82, 2.24) is 4.98 Å². The number of anilines is 1. The van der Waals surface area contributed by atoms with E-state index in [0.717, 1.165) is 29.5 Å². The molecule has 0 amide bonds. The van der Waals surface area contributed by atoms with Gasteiger partial charge in [0.05, 0.1) is 12.6 Å². The van der Waals surface area contributed by atoms with Crippen LogP contribution in [0.1, 0.15) is 37.8 Å². The molecule has 2 aromatic heterocycles. The van der Waals surface area contributed by atoms with Gasteiger partial charge in [0.25, 0.3) is 0 Å². The monoisotopic (exact) mass is 260 g/mol. The molecule has 102 valence electrons. The second kappa shape index (κ2) is 6.27. The number of hydrogen-bond donors (Lipinski definition) is 1. The average molecular weight is 260 g/mol. The van der Waals surface area contributed by atoms with Gasteiger partial charge in [-0.2, -0.15) is 0 Å². The van der Waals surface area contributed by atoms with Gasteiger partial charge in [0, 0.05) is 6.20 Å². The standard InChI is InChI=1S/C15H20N2O2/c1-4-10-18-14-6-5-9-16-15(14)17-12(3)13-8-7-11(2)19-13/h5-9,12H,4,10H2,1-3H3,(H,16,17). The Bertz CT molecular complexity index is 522. The lowest BCUT2D eigenvalue weighted by atomic mass is 10.2. The summed E-state index contributed by atoms with van der Waals surface area (Å²) in [5, 5.41) is 3.32. The Labute approximate surface area is 113 Å². The summed E-state index contributed by atoms with van der Waals surface area (Å²) >= 11 is 0. The van der Waals surface area contributed by atoms with E-state index in [0.29, 0.717) is 6.61 Å². The van der Waals surface area contributed by atoms with Crippen molar-refractivity contribution in [1.29, 1.82) is 0 Å². The minimum atomic E-state index is 0.0487. The average Bonchev–Trinajstić information content (AvgIpc) is 2.84. The molecule has 0 aliphatic carbocycles. The lowest BCUT2D eigenvalue weighted by Crippen LogP contribution is -2.09. The SMILES string of the molecule is CCCOc1cccnc1NC(C)c1ccc(C)o1. The highest BCUT2D eigenvalue weighted by atomic mass is 16.5. The molecule has 1 atom stereocenters. The van der Waals surface area contributed by atoms with Crippen LogP contribution >= 0.6 is 0 Å². The first-order valence-corrected chi connectivity index (χ1v) is 6.61. The van der Waals surface area contributed by atoms with Crippen molar-refractivity contribution in [2.75, 3.05) is 11.9 Å². The fraction of sp³-hybridized carbons (Fsp3) is 0.400. The first kappa shape index (κ1) is 13.5. The summed E-state index contributed by atoms with van der Waals surface area (Å²) in [6.07, 6.45) is 2.72. The summed E-state index contributed by atoms with van der Waals surface area (Å²) in [6.45, 7) is 6.75. The van der Waals surface area contributed by atoms with Gasteiger partial charge in [0.1, 0.15) is 11.5 Å². The molecule has 0 saturated carbocycles. The Balaban J connectivity index is 2.09. The summed E-state index contributed by atoms with van der Waals surface area (Å²) in [5.41, 5.74) is 0. The van der Waals surface area contributed by atoms with Crippen LogP contribution in [-0.2, 0) is 0 Å². The Morgan fingerprint density at radius 2 is 2.21 bits per heavy atom. The van der Waals surface area contributed by atoms with E-state index >= 15 is 0 Å². The van der Waals surface area contributed by atoms with Crippen LogP contribution in [0.5, 0.6) is 5.75 Å². The summed E-state index contributed by atoms with van der Waals surface area (Å²) in [6, 6.07) is 7.78. The number of ether oxygens (including phenoxy) is 1. The Morgan fingerprint density at radius 1 is 1.37 bits per heavy atom. The Morgan fingerprint density at radius 3 is 2.89 bits per heavy atom. The number of pyridine rings is 1. The van der Waals surface area contributed by atoms with Gasteiger partial charge in [-0.15, -0.1) is 0 Å². The number of nitrogens with one attached hydrogen (secondary N) is 1. The molecule has 2 heterocycles. The predicted molar refractivity (Wildman–Crippen MR) is 75.5 cm³/mol. The highest BCUT2D eigenvalue weighted by Crippen LogP contribution is 2.26. The number of aryl methyl sites for hydroxylation is 1. The van der Waals surface area contributed by atoms with Crippen LogP contribution < -0.4 is 10.1 Å². The zero-order chi connectivity index (χ0) is 13.7. The van der Waals surface area contributed by atoms with Crippen molar-refractivity contribution in [2.24, 2.45) is 0 Å². The molecule has 0 aliphatic heterocycles. The van der Waals surface area contributed by atoms with Crippen molar-refractivity contribution < 1.29 is 9.15 Å². The first-order valence-electron chi connectivity index (χ1n) is 6.61. The van der Waals surface area contributed by atoms with E-state index in [2.05, 4.69) is 17.2 Å². The molecule has 4 heteroatoms. The van der Waals surface area contributed by atoms with Gasteiger partial charge in [-0.25, -0.2) is 4.98 Å². The summed E-state index contributed by atoms with van der Waals surface area (Å²) < 4.78 is 11.3. The third-order valence-electron chi connectivity index (χ3n) is 2.77. The number of aromatic nitrogens is 1. The number of rotatable bonds is 6. The van der Waals surface area contributed by atoms with E-state index in [9.17, 15) is 0 Å². The highest BCUT2D eigenvalue weighted by Gasteiger charge is 2.12. The maximum absolute atomic E-state index is 5.67. The van der Waals surface area contributed by atoms with E-state index in [4.69, 9.17) is 9.15 Å². The van der Waals surface area contributed by atoms with Crippen LogP contribution in [0.4, 0.5) is 5.82 Å². The lowest BCUT2D eigenvalue weighted by molar-refractivity contribution is 0.317. The molecular weight excluding hydrogens is 240 g/mol. The molecule has 0 saturated heterocycles. The van der Waals surface area contributed by atoms with Crippen molar-refractivity contribution in [3.05, 3.63) is 42.0 Å². The quantitative estimate of drug-likeness (QED) is 0.854. The molecule has 19 heavy (non-hydrogen) atoms. The summed E-state index contributed by atoms with van der Waals surface area (Å²) in [5.74, 6) is 3.33. The molecule has 0 aromatic carbocycles. The van der Waals surface area contributed by atoms with Crippen molar-refractivity contribution in [2.45, 2.75) is 33.2 Å². The number of nitrogens with zero attached hydrogens (tertiary/aromatic N) is 1. The molecule has 0 aliphatic rings. The summed E-state index contributed by atoms with van der Waals surface area (Å²) in [4.78, 5) is 4.33. The van der Waals surface area contributed by atoms with E-state index in [1.54, 1.807) is 6.20 Å². The zero-order valence-corrected chi connectivity index (χ0v) is 11.6. The van der Waals surface area contributed by atoms with Gasteiger partial charge in [-0.3, -0.25) is 0 Å². The second-order valence-corrected chi connectivity index (χ2v) is 4.51. The van der Waals surface area contributed by atoms with Crippen molar-refractivity contribution in [3.8, 4) is 5.75 Å². The van der Waals surface area contributed by atoms with Gasteiger partial charge in [-0.1, -0.05) is 6.92 Å². The third-order valence-corrected chi connectivity index (χ3v) is 2.77. The fourth-order valence-corrected chi connectivity index (χ4v) is 1.79. The Kier molecular flexibility index (Phi) is 4.44. The topological polar surface area (TPSA) is 47.3 Å². The van der Waals surface area contributed by atoms with Crippen LogP contribution in [0.2, 0.25) is 0 Å². The second-order valence-electron chi connectivity index (χ2n) is 4.51. The molecule has 0 radical (unpaired) electrons. The predicted octanol–water partition coefficient (Wildman–Crippen LogP) is 3.94. The smallest absolute Gasteiger partial charge is 0.169 e. The normalized spacial score (nSPS) is 12.2. The lowest BCUT2D eigenvalue weighted by Gasteiger charge is -2.15. The van der Waals surface area contributed by atoms with E-state index in [1.165, 1.54) is 0 Å². The molecule has 2 rings (SSSR count). The van der Waals surface area contributed by atoms with Gasteiger partial charge in [0.2, 0.25) is 0 Å². The van der Waals surface area contributed by atoms with E-state index in [-0.39, 0.29) is 6.04 Å². The first-order chi connectivity index (χ1) is 9.20. The van der Waals surface area contributed by atoms with E-state index < -0.39 is 0 Å². The summed E-state index contributed by atoms with van der Waals surface area (Å²) in [7, 11) is 0. The molecule has 0 spiro atoms. The van der Waals surface area contributed by atoms with Gasteiger partial charge in [0.15, 0.2) is 11.6 Å². The molecule has 2 aromatic rings. The van der Waals surface area contributed by atoms with E-state index in [1.807, 2.05) is 38.1 Å². The molecule has 1 unspecified atom stereocenters. The molecular formula is C15H20N2O2. The van der Waals surface area contributed by atoms with Crippen LogP contribution in [0.25, 0.3) is 0 Å². The van der Waals surface area contributed by atoms with Gasteiger partial charge < -0.3 is 14.5 Å². The maximum Gasteiger partial charge on any atom is 0.169 e. The van der Waals surface area contributed by atoms with Gasteiger partial charge in [-0.05, 0) is 44.5 Å². The van der Waals surface area contributed by atoms with Gasteiger partial charge >= 0.3 is 0 Å².